The Morgan fingerprint density at radius 1 is 0.683 bits per heavy atom. The quantitative estimate of drug-likeness (QED) is 0.230. The number of hydrogen-bond donors (Lipinski definition) is 3. The predicted octanol–water partition coefficient (Wildman–Crippen LogP) is 5.20. The number of aliphatic hydroxyl groups is 3. The van der Waals surface area contributed by atoms with Gasteiger partial charge in [-0.05, 0) is 99.7 Å². The van der Waals surface area contributed by atoms with Gasteiger partial charge in [0.05, 0.1) is 49.6 Å². The van der Waals surface area contributed by atoms with Crippen LogP contribution < -0.4 is 0 Å². The van der Waals surface area contributed by atoms with Gasteiger partial charge >= 0.3 is 0 Å². The van der Waals surface area contributed by atoms with Crippen LogP contribution in [0.3, 0.4) is 0 Å². The van der Waals surface area contributed by atoms with E-state index in [1.165, 1.54) is 7.11 Å². The fourth-order valence-corrected chi connectivity index (χ4v) is 17.3. The Morgan fingerprint density at radius 3 is 1.57 bits per heavy atom. The highest BCUT2D eigenvalue weighted by Crippen LogP contribution is 2.81. The summed E-state index contributed by atoms with van der Waals surface area (Å²) in [5.41, 5.74) is -4.63. The Labute approximate surface area is 368 Å². The van der Waals surface area contributed by atoms with Crippen molar-refractivity contribution in [2.45, 2.75) is 142 Å². The van der Waals surface area contributed by atoms with E-state index in [1.807, 2.05) is 33.8 Å². The number of carbonyl (C=O) groups is 4. The lowest BCUT2D eigenvalue weighted by Crippen LogP contribution is -2.88. The lowest BCUT2D eigenvalue weighted by atomic mass is 9.35. The third-order valence-corrected chi connectivity index (χ3v) is 18.6. The fraction of sp³-hybridized carbons (Fsp3) is 0.755. The molecule has 0 amide bonds. The number of methoxy groups -OCH3 is 1. The summed E-state index contributed by atoms with van der Waals surface area (Å²) in [6, 6.07) is 0. The summed E-state index contributed by atoms with van der Waals surface area (Å²) in [6.07, 6.45) is 2.20. The Bertz CT molecular complexity index is 2270. The number of allylic oxidation sites excluding steroid dienone is 3. The molecule has 344 valence electrons. The van der Waals surface area contributed by atoms with E-state index in [-0.39, 0.29) is 61.4 Å². The zero-order valence-electron chi connectivity index (χ0n) is 37.1. The number of rotatable bonds is 1. The average Bonchev–Trinajstić information content (AvgIpc) is 3.38. The molecule has 14 heteroatoms. The molecular weight excluding hydrogens is 813 g/mol. The van der Waals surface area contributed by atoms with Crippen LogP contribution in [0, 0.1) is 68.0 Å². The number of ether oxygens (including phenoxy) is 7. The fourth-order valence-electron chi connectivity index (χ4n) is 17.3. The van der Waals surface area contributed by atoms with Gasteiger partial charge in [0.2, 0.25) is 17.4 Å². The van der Waals surface area contributed by atoms with Crippen LogP contribution in [-0.4, -0.2) is 106 Å². The van der Waals surface area contributed by atoms with E-state index in [1.54, 1.807) is 27.7 Å². The molecule has 14 rings (SSSR count). The van der Waals surface area contributed by atoms with Crippen LogP contribution in [0.15, 0.2) is 48.0 Å². The summed E-state index contributed by atoms with van der Waals surface area (Å²) >= 11 is 0. The molecule has 14 nitrogen and oxygen atoms in total. The molecule has 14 aliphatic rings. The van der Waals surface area contributed by atoms with Crippen molar-refractivity contribution >= 4 is 23.1 Å². The number of carbonyl (C=O) groups excluding carboxylic acids is 4. The SMILES string of the molecule is C.C=C1C(=O)[C@@]23[C@@H]4OC(C)(C)O[C@@]25OC[C@]2(C(=O)/C(=C\O)CC(C)(C)[C@H]2[C@@H]5O)[C@@H]3CC[C@@H]14.C=C1C(=O)[C@@]23[C@@H]4OC(C)(C)O[C@@]25OC[C@]2(C(=O)C(OC)=CC(C)(C)[C@H]2[C@@H]5O)[C@@H]3CC[C@@H]14. The van der Waals surface area contributed by atoms with Crippen molar-refractivity contribution in [3.8, 4) is 0 Å². The summed E-state index contributed by atoms with van der Waals surface area (Å²) in [7, 11) is 1.49. The van der Waals surface area contributed by atoms with Crippen LogP contribution in [0.25, 0.3) is 0 Å². The van der Waals surface area contributed by atoms with Crippen LogP contribution in [0.4, 0.5) is 0 Å². The lowest BCUT2D eigenvalue weighted by Gasteiger charge is -2.76. The minimum absolute atomic E-state index is 0. The van der Waals surface area contributed by atoms with E-state index in [9.17, 15) is 34.5 Å². The Kier molecular flexibility index (Phi) is 8.53. The summed E-state index contributed by atoms with van der Waals surface area (Å²) in [6.45, 7) is 23.5. The second-order valence-corrected chi connectivity index (χ2v) is 22.9. The van der Waals surface area contributed by atoms with Crippen LogP contribution in [0.1, 0.15) is 94.9 Å². The molecule has 0 aromatic rings. The number of ketones is 4. The zero-order chi connectivity index (χ0) is 44.7. The Balaban J connectivity index is 0.000000147. The summed E-state index contributed by atoms with van der Waals surface area (Å²) in [4.78, 5) is 55.8. The number of Topliss-reactive ketones (excluding diaryl/α,β-unsaturated/α-hetero) is 4. The number of hydrogen-bond acceptors (Lipinski definition) is 14. The first-order valence-electron chi connectivity index (χ1n) is 22.4. The molecule has 6 spiro atoms. The van der Waals surface area contributed by atoms with Crippen LogP contribution in [0.5, 0.6) is 0 Å². The second-order valence-electron chi connectivity index (χ2n) is 22.9. The molecule has 0 aromatic heterocycles. The minimum atomic E-state index is -1.59. The van der Waals surface area contributed by atoms with Crippen LogP contribution >= 0.6 is 0 Å². The van der Waals surface area contributed by atoms with E-state index in [2.05, 4.69) is 13.2 Å². The van der Waals surface area contributed by atoms with Crippen molar-refractivity contribution in [3.63, 3.8) is 0 Å². The first-order valence-corrected chi connectivity index (χ1v) is 22.4. The van der Waals surface area contributed by atoms with Gasteiger partial charge in [0.15, 0.2) is 34.7 Å². The van der Waals surface area contributed by atoms with Gasteiger partial charge in [-0.15, -0.1) is 0 Å². The predicted molar refractivity (Wildman–Crippen MR) is 222 cm³/mol. The Morgan fingerprint density at radius 2 is 1.13 bits per heavy atom. The van der Waals surface area contributed by atoms with Crippen molar-refractivity contribution in [1.82, 2.24) is 0 Å². The van der Waals surface area contributed by atoms with E-state index in [0.29, 0.717) is 48.8 Å². The molecule has 6 heterocycles. The van der Waals surface area contributed by atoms with Crippen LogP contribution in [0.2, 0.25) is 0 Å². The third kappa shape index (κ3) is 4.29. The van der Waals surface area contributed by atoms with E-state index in [4.69, 9.17) is 33.2 Å². The monoisotopic (exact) mass is 876 g/mol. The molecule has 3 N–H and O–H groups in total. The largest absolute Gasteiger partial charge is 0.515 e. The van der Waals surface area contributed by atoms with Crippen molar-refractivity contribution in [2.75, 3.05) is 20.3 Å². The standard InChI is InChI=1S/2C24H30O7.CH4/c1-11-12-7-8-14-22-10-29-24(23(14,16(11)25)19(12)30-21(4,5)31-24)18(27)15(22)20(2,3)9-13(28-6)17(22)26;1-11-13-6-7-14-22-10-29-24(23(14,16(11)26)19(13)30-21(4,5)31-24)18(28)15(22)20(2,3)8-12(9-25)17(22)27;/h9,12,14-15,18-19,27H,1,7-8,10H2,2-6H3;9,13-15,18-19,25,28H,1,6-8,10H2,2-5H3;1H4/b;12-9-;/t12-,14-,15+,18-,19+,22-,23-,24+;13-,14-,15+,18-,19+,22-,23-,24+;/m00./s1. The molecule has 16 atom stereocenters. The summed E-state index contributed by atoms with van der Waals surface area (Å²) < 4.78 is 43.9. The molecule has 7 saturated carbocycles. The molecule has 13 fully saturated rings. The molecule has 0 aromatic carbocycles. The van der Waals surface area contributed by atoms with Crippen molar-refractivity contribution in [3.05, 3.63) is 48.0 Å². The summed E-state index contributed by atoms with van der Waals surface area (Å²) in [5.74, 6) is -7.98. The molecule has 8 aliphatic carbocycles. The highest BCUT2D eigenvalue weighted by Gasteiger charge is 2.92. The van der Waals surface area contributed by atoms with Gasteiger partial charge in [0.1, 0.15) is 23.0 Å². The van der Waals surface area contributed by atoms with Crippen molar-refractivity contribution in [2.24, 2.45) is 68.0 Å². The van der Waals surface area contributed by atoms with Gasteiger partial charge in [-0.3, -0.25) is 19.2 Å². The topological polar surface area (TPSA) is 194 Å². The molecule has 6 aliphatic heterocycles. The molecule has 63 heavy (non-hydrogen) atoms. The highest BCUT2D eigenvalue weighted by atomic mass is 16.8. The van der Waals surface area contributed by atoms with Crippen LogP contribution in [-0.2, 0) is 52.3 Å². The zero-order valence-corrected chi connectivity index (χ0v) is 37.1. The smallest absolute Gasteiger partial charge is 0.213 e. The van der Waals surface area contributed by atoms with Gasteiger partial charge in [-0.25, -0.2) is 0 Å². The third-order valence-electron chi connectivity index (χ3n) is 18.6. The van der Waals surface area contributed by atoms with Gasteiger partial charge < -0.3 is 48.5 Å². The molecule has 8 bridgehead atoms. The van der Waals surface area contributed by atoms with Gasteiger partial charge in [-0.1, -0.05) is 48.3 Å². The maximum atomic E-state index is 14.0. The molecule has 6 saturated heterocycles. The summed E-state index contributed by atoms with van der Waals surface area (Å²) in [5, 5.41) is 33.9. The molecule has 0 unspecified atom stereocenters. The maximum Gasteiger partial charge on any atom is 0.213 e. The van der Waals surface area contributed by atoms with E-state index >= 15 is 0 Å². The van der Waals surface area contributed by atoms with Gasteiger partial charge in [0, 0.05) is 29.2 Å². The van der Waals surface area contributed by atoms with Gasteiger partial charge in [-0.2, -0.15) is 0 Å². The van der Waals surface area contributed by atoms with E-state index < -0.39 is 104 Å². The first-order chi connectivity index (χ1) is 28.8. The Hall–Kier alpha value is -3.08. The molecular formula is C49H64O14. The molecule has 0 radical (unpaired) electrons. The van der Waals surface area contributed by atoms with Crippen molar-refractivity contribution < 1.29 is 67.7 Å². The second kappa shape index (κ2) is 12.3. The maximum absolute atomic E-state index is 14.0. The normalized spacial score (nSPS) is 53.0. The first kappa shape index (κ1) is 43.8. The number of aliphatic hydroxyl groups excluding tert-OH is 3. The van der Waals surface area contributed by atoms with Gasteiger partial charge in [0.25, 0.3) is 0 Å². The lowest BCUT2D eigenvalue weighted by molar-refractivity contribution is -0.523. The van der Waals surface area contributed by atoms with Crippen molar-refractivity contribution in [1.29, 1.82) is 0 Å². The van der Waals surface area contributed by atoms with E-state index in [0.717, 1.165) is 6.26 Å². The number of fused-ring (bicyclic) bond motifs is 2. The average molecular weight is 877 g/mol. The minimum Gasteiger partial charge on any atom is -0.515 e. The highest BCUT2D eigenvalue weighted by molar-refractivity contribution is 6.09.